The van der Waals surface area contributed by atoms with Crippen molar-refractivity contribution in [3.8, 4) is 0 Å². The fourth-order valence-electron chi connectivity index (χ4n) is 3.08. The Balaban J connectivity index is 1.55. The number of aromatic nitrogens is 2. The summed E-state index contributed by atoms with van der Waals surface area (Å²) in [7, 11) is 0. The lowest BCUT2D eigenvalue weighted by atomic mass is 9.97. The second-order valence-electron chi connectivity index (χ2n) is 6.25. The van der Waals surface area contributed by atoms with Crippen LogP contribution in [-0.4, -0.2) is 38.6 Å². The molecule has 0 bridgehead atoms. The van der Waals surface area contributed by atoms with Crippen LogP contribution >= 0.6 is 0 Å². The largest absolute Gasteiger partial charge is 0.478 e. The van der Waals surface area contributed by atoms with E-state index in [0.717, 1.165) is 36.1 Å². The lowest BCUT2D eigenvalue weighted by Gasteiger charge is -2.28. The van der Waals surface area contributed by atoms with Crippen LogP contribution in [0.3, 0.4) is 0 Å². The van der Waals surface area contributed by atoms with Crippen LogP contribution in [0.15, 0.2) is 24.3 Å². The summed E-state index contributed by atoms with van der Waals surface area (Å²) in [4.78, 5) is 25.5. The number of fused-ring (bicyclic) bond motifs is 1. The SMILES string of the molecule is O=C(O)c1ccc2c(c1)CN(C(=O)c1cc(C3CC3)[nH]n1)CC2. The van der Waals surface area contributed by atoms with Gasteiger partial charge in [-0.15, -0.1) is 0 Å². The van der Waals surface area contributed by atoms with Gasteiger partial charge in [-0.3, -0.25) is 9.89 Å². The van der Waals surface area contributed by atoms with Crippen molar-refractivity contribution in [1.29, 1.82) is 0 Å². The molecule has 0 spiro atoms. The molecule has 0 unspecified atom stereocenters. The van der Waals surface area contributed by atoms with Gasteiger partial charge in [-0.1, -0.05) is 6.07 Å². The fourth-order valence-corrected chi connectivity index (χ4v) is 3.08. The molecule has 2 aromatic rings. The zero-order valence-electron chi connectivity index (χ0n) is 12.6. The number of aromatic amines is 1. The van der Waals surface area contributed by atoms with Crippen LogP contribution in [0.25, 0.3) is 0 Å². The minimum absolute atomic E-state index is 0.0977. The second-order valence-corrected chi connectivity index (χ2v) is 6.25. The normalized spacial score (nSPS) is 17.0. The quantitative estimate of drug-likeness (QED) is 0.909. The number of nitrogens with one attached hydrogen (secondary N) is 1. The predicted octanol–water partition coefficient (Wildman–Crippen LogP) is 2.18. The van der Waals surface area contributed by atoms with Gasteiger partial charge < -0.3 is 10.0 Å². The number of hydrogen-bond acceptors (Lipinski definition) is 3. The molecule has 1 aliphatic carbocycles. The average molecular weight is 311 g/mol. The smallest absolute Gasteiger partial charge is 0.335 e. The van der Waals surface area contributed by atoms with Crippen molar-refractivity contribution in [3.63, 3.8) is 0 Å². The van der Waals surface area contributed by atoms with Crippen LogP contribution in [-0.2, 0) is 13.0 Å². The molecule has 23 heavy (non-hydrogen) atoms. The van der Waals surface area contributed by atoms with Gasteiger partial charge in [0.05, 0.1) is 5.56 Å². The predicted molar refractivity (Wildman–Crippen MR) is 82.4 cm³/mol. The lowest BCUT2D eigenvalue weighted by molar-refractivity contribution is 0.0696. The van der Waals surface area contributed by atoms with Crippen molar-refractivity contribution in [3.05, 3.63) is 52.3 Å². The summed E-state index contributed by atoms with van der Waals surface area (Å²) in [5, 5.41) is 16.2. The molecule has 0 saturated heterocycles. The van der Waals surface area contributed by atoms with E-state index in [4.69, 9.17) is 5.11 Å². The van der Waals surface area contributed by atoms with Gasteiger partial charge in [-0.25, -0.2) is 4.79 Å². The summed E-state index contributed by atoms with van der Waals surface area (Å²) in [5.41, 5.74) is 3.76. The molecule has 1 saturated carbocycles. The first-order valence-corrected chi connectivity index (χ1v) is 7.81. The van der Waals surface area contributed by atoms with Crippen molar-refractivity contribution in [1.82, 2.24) is 15.1 Å². The van der Waals surface area contributed by atoms with E-state index in [2.05, 4.69) is 10.2 Å². The third-order valence-corrected chi connectivity index (χ3v) is 4.59. The van der Waals surface area contributed by atoms with Gasteiger partial charge in [0.25, 0.3) is 5.91 Å². The number of rotatable bonds is 3. The third kappa shape index (κ3) is 2.60. The number of amides is 1. The molecule has 2 aliphatic rings. The van der Waals surface area contributed by atoms with Crippen molar-refractivity contribution >= 4 is 11.9 Å². The van der Waals surface area contributed by atoms with E-state index < -0.39 is 5.97 Å². The number of carbonyl (C=O) groups is 2. The highest BCUT2D eigenvalue weighted by Crippen LogP contribution is 2.39. The summed E-state index contributed by atoms with van der Waals surface area (Å²) < 4.78 is 0. The molecule has 0 atom stereocenters. The van der Waals surface area contributed by atoms with Crippen molar-refractivity contribution in [2.75, 3.05) is 6.54 Å². The van der Waals surface area contributed by atoms with Crippen LogP contribution in [0.1, 0.15) is 56.4 Å². The second kappa shape index (κ2) is 5.22. The molecule has 1 fully saturated rings. The maximum atomic E-state index is 12.6. The number of carboxylic acid groups (broad SMARTS) is 1. The van der Waals surface area contributed by atoms with Gasteiger partial charge in [0.15, 0.2) is 0 Å². The average Bonchev–Trinajstić information content (AvgIpc) is 3.30. The van der Waals surface area contributed by atoms with E-state index in [-0.39, 0.29) is 11.5 Å². The van der Waals surface area contributed by atoms with E-state index in [9.17, 15) is 9.59 Å². The maximum Gasteiger partial charge on any atom is 0.335 e. The monoisotopic (exact) mass is 311 g/mol. The van der Waals surface area contributed by atoms with Gasteiger partial charge in [-0.2, -0.15) is 5.10 Å². The van der Waals surface area contributed by atoms with Crippen LogP contribution in [0.5, 0.6) is 0 Å². The molecular weight excluding hydrogens is 294 g/mol. The summed E-state index contributed by atoms with van der Waals surface area (Å²) in [6.45, 7) is 1.06. The van der Waals surface area contributed by atoms with Gasteiger partial charge in [-0.05, 0) is 48.6 Å². The number of H-pyrrole nitrogens is 1. The summed E-state index contributed by atoms with van der Waals surface area (Å²) in [6, 6.07) is 6.98. The minimum Gasteiger partial charge on any atom is -0.478 e. The fraction of sp³-hybridized carbons (Fsp3) is 0.353. The first kappa shape index (κ1) is 14.0. The molecule has 6 heteroatoms. The Morgan fingerprint density at radius 2 is 2.04 bits per heavy atom. The van der Waals surface area contributed by atoms with Crippen LogP contribution in [0, 0.1) is 0 Å². The summed E-state index contributed by atoms with van der Waals surface area (Å²) >= 11 is 0. The summed E-state index contributed by atoms with van der Waals surface area (Å²) in [6.07, 6.45) is 3.05. The molecule has 1 aliphatic heterocycles. The Labute approximate surface area is 133 Å². The topological polar surface area (TPSA) is 86.3 Å². The molecule has 1 aromatic heterocycles. The standard InChI is InChI=1S/C17H17N3O3/c21-16(15-8-14(18-19-15)11-2-3-11)20-6-5-10-1-4-12(17(22)23)7-13(10)9-20/h1,4,7-8,11H,2-3,5-6,9H2,(H,18,19)(H,22,23). The van der Waals surface area contributed by atoms with Crippen LogP contribution < -0.4 is 0 Å². The molecule has 2 heterocycles. The van der Waals surface area contributed by atoms with E-state index in [1.165, 1.54) is 0 Å². The zero-order chi connectivity index (χ0) is 16.0. The Bertz CT molecular complexity index is 792. The number of carbonyl (C=O) groups excluding carboxylic acids is 1. The minimum atomic E-state index is -0.947. The Hall–Kier alpha value is -2.63. The Morgan fingerprint density at radius 3 is 2.78 bits per heavy atom. The first-order valence-electron chi connectivity index (χ1n) is 7.81. The number of nitrogens with zero attached hydrogens (tertiary/aromatic N) is 2. The number of carboxylic acids is 1. The third-order valence-electron chi connectivity index (χ3n) is 4.59. The first-order chi connectivity index (χ1) is 11.1. The number of aromatic carboxylic acids is 1. The molecule has 1 amide bonds. The van der Waals surface area contributed by atoms with Crippen molar-refractivity contribution in [2.24, 2.45) is 0 Å². The van der Waals surface area contributed by atoms with Gasteiger partial charge in [0, 0.05) is 24.7 Å². The highest BCUT2D eigenvalue weighted by Gasteiger charge is 2.28. The van der Waals surface area contributed by atoms with E-state index in [0.29, 0.717) is 24.7 Å². The highest BCUT2D eigenvalue weighted by molar-refractivity contribution is 5.92. The Morgan fingerprint density at radius 1 is 1.22 bits per heavy atom. The molecule has 118 valence electrons. The number of benzene rings is 1. The summed E-state index contributed by atoms with van der Waals surface area (Å²) in [5.74, 6) is -0.513. The molecular formula is C17H17N3O3. The molecule has 1 aromatic carbocycles. The van der Waals surface area contributed by atoms with E-state index in [1.807, 2.05) is 12.1 Å². The van der Waals surface area contributed by atoms with Gasteiger partial charge >= 0.3 is 5.97 Å². The zero-order valence-corrected chi connectivity index (χ0v) is 12.6. The van der Waals surface area contributed by atoms with Crippen LogP contribution in [0.2, 0.25) is 0 Å². The highest BCUT2D eigenvalue weighted by atomic mass is 16.4. The Kier molecular flexibility index (Phi) is 3.18. The van der Waals surface area contributed by atoms with Gasteiger partial charge in [0.1, 0.15) is 5.69 Å². The molecule has 0 radical (unpaired) electrons. The maximum absolute atomic E-state index is 12.6. The lowest BCUT2D eigenvalue weighted by Crippen LogP contribution is -2.36. The molecule has 2 N–H and O–H groups in total. The van der Waals surface area contributed by atoms with E-state index in [1.54, 1.807) is 17.0 Å². The van der Waals surface area contributed by atoms with Gasteiger partial charge in [0.2, 0.25) is 0 Å². The van der Waals surface area contributed by atoms with E-state index >= 15 is 0 Å². The number of hydrogen-bond donors (Lipinski definition) is 2. The molecule has 4 rings (SSSR count). The molecule has 6 nitrogen and oxygen atoms in total. The van der Waals surface area contributed by atoms with Crippen molar-refractivity contribution in [2.45, 2.75) is 31.7 Å². The van der Waals surface area contributed by atoms with Crippen LogP contribution in [0.4, 0.5) is 0 Å². The van der Waals surface area contributed by atoms with Crippen molar-refractivity contribution < 1.29 is 14.7 Å².